The summed E-state index contributed by atoms with van der Waals surface area (Å²) in [7, 11) is 1.44. The predicted octanol–water partition coefficient (Wildman–Crippen LogP) is 2.22. The van der Waals surface area contributed by atoms with Crippen LogP contribution in [0.1, 0.15) is 17.4 Å². The lowest BCUT2D eigenvalue weighted by molar-refractivity contribution is 0.101. The summed E-state index contributed by atoms with van der Waals surface area (Å²) in [6, 6.07) is 7.64. The molecule has 5 heteroatoms. The Labute approximate surface area is 97.6 Å². The van der Waals surface area contributed by atoms with Crippen molar-refractivity contribution < 1.29 is 13.9 Å². The van der Waals surface area contributed by atoms with E-state index in [2.05, 4.69) is 5.10 Å². The summed E-state index contributed by atoms with van der Waals surface area (Å²) < 4.78 is 19.9. The Morgan fingerprint density at radius 2 is 2.12 bits per heavy atom. The fourth-order valence-corrected chi connectivity index (χ4v) is 1.48. The van der Waals surface area contributed by atoms with Crippen LogP contribution in [0.15, 0.2) is 30.3 Å². The van der Waals surface area contributed by atoms with Crippen LogP contribution < -0.4 is 4.74 Å². The van der Waals surface area contributed by atoms with Crippen molar-refractivity contribution in [2.45, 2.75) is 6.92 Å². The smallest absolute Gasteiger partial charge is 0.217 e. The van der Waals surface area contributed by atoms with Crippen molar-refractivity contribution in [1.82, 2.24) is 9.78 Å². The fraction of sp³-hybridized carbons (Fsp3) is 0.167. The summed E-state index contributed by atoms with van der Waals surface area (Å²) in [5.74, 6) is -0.303. The molecule has 0 aliphatic heterocycles. The molecule has 0 radical (unpaired) electrons. The highest BCUT2D eigenvalue weighted by atomic mass is 19.1. The van der Waals surface area contributed by atoms with Crippen molar-refractivity contribution in [3.8, 4) is 11.6 Å². The van der Waals surface area contributed by atoms with Crippen molar-refractivity contribution >= 4 is 5.78 Å². The summed E-state index contributed by atoms with van der Waals surface area (Å²) in [4.78, 5) is 11.2. The molecule has 2 aromatic rings. The lowest BCUT2D eigenvalue weighted by atomic mass is 10.3. The average molecular weight is 234 g/mol. The van der Waals surface area contributed by atoms with Crippen LogP contribution >= 0.6 is 0 Å². The quantitative estimate of drug-likeness (QED) is 0.765. The van der Waals surface area contributed by atoms with E-state index in [4.69, 9.17) is 4.74 Å². The Hall–Kier alpha value is -2.17. The van der Waals surface area contributed by atoms with Crippen molar-refractivity contribution in [3.63, 3.8) is 0 Å². The monoisotopic (exact) mass is 234 g/mol. The Morgan fingerprint density at radius 1 is 1.41 bits per heavy atom. The van der Waals surface area contributed by atoms with E-state index in [-0.39, 0.29) is 17.2 Å². The van der Waals surface area contributed by atoms with Gasteiger partial charge in [-0.05, 0) is 12.1 Å². The first-order valence-electron chi connectivity index (χ1n) is 5.03. The first-order chi connectivity index (χ1) is 8.13. The van der Waals surface area contributed by atoms with Crippen LogP contribution in [0.5, 0.6) is 5.88 Å². The van der Waals surface area contributed by atoms with Gasteiger partial charge in [-0.25, -0.2) is 4.39 Å². The number of rotatable bonds is 3. The maximum atomic E-state index is 13.6. The number of Topliss-reactive ketones (excluding diaryl/α,β-unsaturated/α-hetero) is 1. The zero-order valence-electron chi connectivity index (χ0n) is 9.48. The number of nitrogens with zero attached hydrogens (tertiary/aromatic N) is 2. The minimum atomic E-state index is -0.427. The molecule has 0 saturated heterocycles. The minimum Gasteiger partial charge on any atom is -0.481 e. The molecule has 0 unspecified atom stereocenters. The molecule has 0 bridgehead atoms. The molecule has 1 aromatic carbocycles. The third kappa shape index (κ3) is 2.04. The van der Waals surface area contributed by atoms with Gasteiger partial charge in [-0.15, -0.1) is 0 Å². The van der Waals surface area contributed by atoms with Gasteiger partial charge in [-0.1, -0.05) is 12.1 Å². The molecule has 0 atom stereocenters. The van der Waals surface area contributed by atoms with Gasteiger partial charge in [-0.3, -0.25) is 4.79 Å². The van der Waals surface area contributed by atoms with Gasteiger partial charge in [0.1, 0.15) is 17.2 Å². The Balaban J connectivity index is 2.59. The molecule has 1 aromatic heterocycles. The molecule has 4 nitrogen and oxygen atoms in total. The lowest BCUT2D eigenvalue weighted by Gasteiger charge is -2.06. The summed E-state index contributed by atoms with van der Waals surface area (Å²) >= 11 is 0. The highest BCUT2D eigenvalue weighted by molar-refractivity contribution is 5.92. The Bertz CT molecular complexity index is 563. The molecule has 2 rings (SSSR count). The van der Waals surface area contributed by atoms with Crippen LogP contribution in [0, 0.1) is 5.82 Å². The number of carbonyl (C=O) groups is 1. The minimum absolute atomic E-state index is 0.196. The molecular formula is C12H11FN2O2. The van der Waals surface area contributed by atoms with Crippen molar-refractivity contribution in [2.24, 2.45) is 0 Å². The van der Waals surface area contributed by atoms with Crippen LogP contribution in [0.25, 0.3) is 5.69 Å². The first-order valence-corrected chi connectivity index (χ1v) is 5.03. The van der Waals surface area contributed by atoms with E-state index < -0.39 is 5.82 Å². The Kier molecular flexibility index (Phi) is 2.91. The third-order valence-corrected chi connectivity index (χ3v) is 2.33. The SMILES string of the molecule is COc1cc(C(C)=O)nn1-c1ccccc1F. The van der Waals surface area contributed by atoms with Gasteiger partial charge >= 0.3 is 0 Å². The fourth-order valence-electron chi connectivity index (χ4n) is 1.48. The number of aromatic nitrogens is 2. The number of hydrogen-bond donors (Lipinski definition) is 0. The van der Waals surface area contributed by atoms with Gasteiger partial charge in [0.2, 0.25) is 5.88 Å². The van der Waals surface area contributed by atoms with Crippen LogP contribution in [0.2, 0.25) is 0 Å². The second kappa shape index (κ2) is 4.37. The highest BCUT2D eigenvalue weighted by Crippen LogP contribution is 2.21. The van der Waals surface area contributed by atoms with Crippen molar-refractivity contribution in [1.29, 1.82) is 0 Å². The van der Waals surface area contributed by atoms with Gasteiger partial charge in [0, 0.05) is 13.0 Å². The van der Waals surface area contributed by atoms with Crippen molar-refractivity contribution in [3.05, 3.63) is 41.8 Å². The molecular weight excluding hydrogens is 223 g/mol. The second-order valence-electron chi connectivity index (χ2n) is 3.49. The van der Waals surface area contributed by atoms with Crippen molar-refractivity contribution in [2.75, 3.05) is 7.11 Å². The zero-order valence-corrected chi connectivity index (χ0v) is 9.48. The molecule has 1 heterocycles. The van der Waals surface area contributed by atoms with Crippen LogP contribution in [0.4, 0.5) is 4.39 Å². The van der Waals surface area contributed by atoms with E-state index in [1.807, 2.05) is 0 Å². The number of benzene rings is 1. The van der Waals surface area contributed by atoms with E-state index in [9.17, 15) is 9.18 Å². The molecule has 0 saturated carbocycles. The molecule has 0 spiro atoms. The molecule has 0 N–H and O–H groups in total. The molecule has 17 heavy (non-hydrogen) atoms. The van der Waals surface area contributed by atoms with E-state index in [0.717, 1.165) is 0 Å². The van der Waals surface area contributed by atoms with Gasteiger partial charge in [0.15, 0.2) is 5.78 Å². The zero-order chi connectivity index (χ0) is 12.4. The summed E-state index contributed by atoms with van der Waals surface area (Å²) in [6.45, 7) is 1.40. The van der Waals surface area contributed by atoms with Gasteiger partial charge < -0.3 is 4.74 Å². The maximum Gasteiger partial charge on any atom is 0.217 e. The molecule has 88 valence electrons. The second-order valence-corrected chi connectivity index (χ2v) is 3.49. The number of para-hydroxylation sites is 1. The standard InChI is InChI=1S/C12H11FN2O2/c1-8(16)10-7-12(17-2)15(14-10)11-6-4-3-5-9(11)13/h3-7H,1-2H3. The molecule has 0 aliphatic rings. The largest absolute Gasteiger partial charge is 0.481 e. The number of hydrogen-bond acceptors (Lipinski definition) is 3. The topological polar surface area (TPSA) is 44.1 Å². The van der Waals surface area contributed by atoms with E-state index in [0.29, 0.717) is 5.88 Å². The normalized spacial score (nSPS) is 10.3. The van der Waals surface area contributed by atoms with Gasteiger partial charge in [0.25, 0.3) is 0 Å². The van der Waals surface area contributed by atoms with E-state index >= 15 is 0 Å². The number of ketones is 1. The number of methoxy groups -OCH3 is 1. The molecule has 0 aliphatic carbocycles. The number of halogens is 1. The van der Waals surface area contributed by atoms with Gasteiger partial charge in [0.05, 0.1) is 7.11 Å². The number of ether oxygens (including phenoxy) is 1. The average Bonchev–Trinajstić information content (AvgIpc) is 2.73. The van der Waals surface area contributed by atoms with Crippen LogP contribution in [-0.4, -0.2) is 22.7 Å². The summed E-state index contributed by atoms with van der Waals surface area (Å²) in [6.07, 6.45) is 0. The third-order valence-electron chi connectivity index (χ3n) is 2.33. The highest BCUT2D eigenvalue weighted by Gasteiger charge is 2.14. The Morgan fingerprint density at radius 3 is 2.71 bits per heavy atom. The molecule has 0 amide bonds. The number of carbonyl (C=O) groups excluding carboxylic acids is 1. The lowest BCUT2D eigenvalue weighted by Crippen LogP contribution is -2.03. The van der Waals surface area contributed by atoms with E-state index in [1.54, 1.807) is 18.2 Å². The predicted molar refractivity (Wildman–Crippen MR) is 60.1 cm³/mol. The van der Waals surface area contributed by atoms with Gasteiger partial charge in [-0.2, -0.15) is 9.78 Å². The summed E-state index contributed by atoms with van der Waals surface area (Å²) in [5.41, 5.74) is 0.488. The van der Waals surface area contributed by atoms with E-state index in [1.165, 1.54) is 30.8 Å². The van der Waals surface area contributed by atoms with Crippen LogP contribution in [-0.2, 0) is 0 Å². The molecule has 0 fully saturated rings. The van der Waals surface area contributed by atoms with Crippen LogP contribution in [0.3, 0.4) is 0 Å². The summed E-state index contributed by atoms with van der Waals surface area (Å²) in [5, 5.41) is 4.01. The first kappa shape index (κ1) is 11.3. The maximum absolute atomic E-state index is 13.6.